The predicted octanol–water partition coefficient (Wildman–Crippen LogP) is 18.8. The molecule has 0 aromatic carbocycles. The summed E-state index contributed by atoms with van der Waals surface area (Å²) in [5, 5.41) is 23.1. The van der Waals surface area contributed by atoms with Crippen LogP contribution in [0.15, 0.2) is 36.5 Å². The van der Waals surface area contributed by atoms with Crippen LogP contribution in [-0.4, -0.2) is 47.4 Å². The molecular weight excluding hydrogens is 839 g/mol. The Labute approximate surface area is 424 Å². The van der Waals surface area contributed by atoms with Crippen LogP contribution in [0.1, 0.15) is 322 Å². The van der Waals surface area contributed by atoms with Gasteiger partial charge in [-0.05, 0) is 83.5 Å². The molecule has 0 bridgehead atoms. The number of hydrogen-bond donors (Lipinski definition) is 3. The molecule has 0 saturated carbocycles. The number of hydrogen-bond acceptors (Lipinski definition) is 5. The molecule has 6 heteroatoms. The molecule has 0 heterocycles. The Morgan fingerprint density at radius 3 is 1.04 bits per heavy atom. The summed E-state index contributed by atoms with van der Waals surface area (Å²) >= 11 is 0. The van der Waals surface area contributed by atoms with Crippen LogP contribution in [0, 0.1) is 0 Å². The van der Waals surface area contributed by atoms with E-state index in [2.05, 4.69) is 43.5 Å². The maximum atomic E-state index is 12.5. The standard InChI is InChI=1S/C62H117NO5/c1-3-5-7-9-11-13-15-17-19-23-26-30-34-38-42-46-50-54-60(65)59(58-64)63-61(66)55-51-47-43-39-35-31-27-24-21-22-25-29-33-37-41-45-49-53-57-68-62(67)56-52-48-44-40-36-32-28-20-18-16-14-12-10-8-6-4-2/h20,24,27-28,50,54,59-60,64-65H,3-19,21-23,25-26,29-49,51-53,55-58H2,1-2H3,(H,63,66)/b27-24-,28-20-,54-50+. The zero-order chi connectivity index (χ0) is 49.3. The Morgan fingerprint density at radius 1 is 0.397 bits per heavy atom. The maximum Gasteiger partial charge on any atom is 0.305 e. The van der Waals surface area contributed by atoms with Gasteiger partial charge in [0.25, 0.3) is 0 Å². The zero-order valence-electron chi connectivity index (χ0n) is 45.6. The molecule has 68 heavy (non-hydrogen) atoms. The molecule has 0 radical (unpaired) electrons. The van der Waals surface area contributed by atoms with Gasteiger partial charge < -0.3 is 20.3 Å². The van der Waals surface area contributed by atoms with E-state index in [1.54, 1.807) is 6.08 Å². The topological polar surface area (TPSA) is 95.9 Å². The quantitative estimate of drug-likeness (QED) is 0.0321. The number of esters is 1. The van der Waals surface area contributed by atoms with Crippen LogP contribution < -0.4 is 5.32 Å². The summed E-state index contributed by atoms with van der Waals surface area (Å²) in [4.78, 5) is 24.5. The first kappa shape index (κ1) is 66.1. The summed E-state index contributed by atoms with van der Waals surface area (Å²) in [5.74, 6) is -0.0864. The number of rotatable bonds is 56. The SMILES string of the molecule is CCCCCCCCC/C=C\CCCCCCCC(=O)OCCCCCCCCCCC/C=C\CCCCCCCC(=O)NC(CO)C(O)/C=C/CCCCCCCCCCCCCCCCC. The largest absolute Gasteiger partial charge is 0.466 e. The lowest BCUT2D eigenvalue weighted by Crippen LogP contribution is -2.45. The Morgan fingerprint density at radius 2 is 0.691 bits per heavy atom. The highest BCUT2D eigenvalue weighted by Crippen LogP contribution is 2.16. The van der Waals surface area contributed by atoms with Gasteiger partial charge >= 0.3 is 5.97 Å². The van der Waals surface area contributed by atoms with Crippen molar-refractivity contribution in [3.63, 3.8) is 0 Å². The van der Waals surface area contributed by atoms with Crippen molar-refractivity contribution in [1.82, 2.24) is 5.32 Å². The molecule has 0 aliphatic rings. The molecule has 0 rings (SSSR count). The van der Waals surface area contributed by atoms with Gasteiger partial charge in [0.05, 0.1) is 25.4 Å². The fourth-order valence-corrected chi connectivity index (χ4v) is 9.21. The Bertz CT molecular complexity index is 1100. The van der Waals surface area contributed by atoms with Crippen molar-refractivity contribution in [2.45, 2.75) is 334 Å². The summed E-state index contributed by atoms with van der Waals surface area (Å²) in [7, 11) is 0. The van der Waals surface area contributed by atoms with Crippen molar-refractivity contribution in [3.8, 4) is 0 Å². The van der Waals surface area contributed by atoms with E-state index in [9.17, 15) is 19.8 Å². The number of allylic oxidation sites excluding steroid dienone is 5. The van der Waals surface area contributed by atoms with Crippen molar-refractivity contribution in [2.24, 2.45) is 0 Å². The molecule has 0 spiro atoms. The first-order valence-electron chi connectivity index (χ1n) is 30.3. The number of carbonyl (C=O) groups excluding carboxylic acids is 2. The minimum absolute atomic E-state index is 0.00524. The first-order valence-corrected chi connectivity index (χ1v) is 30.3. The molecule has 400 valence electrons. The fourth-order valence-electron chi connectivity index (χ4n) is 9.21. The van der Waals surface area contributed by atoms with E-state index >= 15 is 0 Å². The number of carbonyl (C=O) groups is 2. The highest BCUT2D eigenvalue weighted by molar-refractivity contribution is 5.76. The molecule has 2 unspecified atom stereocenters. The van der Waals surface area contributed by atoms with Crippen molar-refractivity contribution in [1.29, 1.82) is 0 Å². The van der Waals surface area contributed by atoms with Gasteiger partial charge in [0.2, 0.25) is 5.91 Å². The van der Waals surface area contributed by atoms with Gasteiger partial charge in [0.1, 0.15) is 0 Å². The summed E-state index contributed by atoms with van der Waals surface area (Å²) in [6.45, 7) is 4.89. The molecule has 3 N–H and O–H groups in total. The fraction of sp³-hybridized carbons (Fsp3) is 0.871. The minimum Gasteiger partial charge on any atom is -0.466 e. The maximum absolute atomic E-state index is 12.5. The number of amides is 1. The van der Waals surface area contributed by atoms with Crippen LogP contribution in [0.2, 0.25) is 0 Å². The first-order chi connectivity index (χ1) is 33.5. The van der Waals surface area contributed by atoms with E-state index < -0.39 is 12.1 Å². The van der Waals surface area contributed by atoms with E-state index in [1.807, 2.05) is 6.08 Å². The van der Waals surface area contributed by atoms with Gasteiger partial charge in [0.15, 0.2) is 0 Å². The average Bonchev–Trinajstić information content (AvgIpc) is 3.34. The molecule has 0 aliphatic heterocycles. The Kier molecular flexibility index (Phi) is 56.0. The molecule has 2 atom stereocenters. The molecule has 6 nitrogen and oxygen atoms in total. The Balaban J connectivity index is 3.48. The number of aliphatic hydroxyl groups excluding tert-OH is 2. The summed E-state index contributed by atoms with van der Waals surface area (Å²) in [5.41, 5.74) is 0. The molecule has 0 fully saturated rings. The van der Waals surface area contributed by atoms with Crippen LogP contribution in [0.4, 0.5) is 0 Å². The zero-order valence-corrected chi connectivity index (χ0v) is 45.6. The van der Waals surface area contributed by atoms with Gasteiger partial charge in [-0.25, -0.2) is 0 Å². The highest BCUT2D eigenvalue weighted by Gasteiger charge is 2.18. The third-order valence-electron chi connectivity index (χ3n) is 13.9. The number of nitrogens with one attached hydrogen (secondary N) is 1. The number of ether oxygens (including phenoxy) is 1. The van der Waals surface area contributed by atoms with Crippen molar-refractivity contribution < 1.29 is 24.5 Å². The third-order valence-corrected chi connectivity index (χ3v) is 13.9. The second-order valence-corrected chi connectivity index (χ2v) is 20.7. The van der Waals surface area contributed by atoms with Crippen molar-refractivity contribution >= 4 is 11.9 Å². The smallest absolute Gasteiger partial charge is 0.305 e. The van der Waals surface area contributed by atoms with Crippen molar-refractivity contribution in [2.75, 3.05) is 13.2 Å². The second kappa shape index (κ2) is 57.7. The van der Waals surface area contributed by atoms with Crippen LogP contribution in [0.3, 0.4) is 0 Å². The lowest BCUT2D eigenvalue weighted by Gasteiger charge is -2.20. The lowest BCUT2D eigenvalue weighted by atomic mass is 10.0. The summed E-state index contributed by atoms with van der Waals surface area (Å²) < 4.78 is 5.48. The van der Waals surface area contributed by atoms with Gasteiger partial charge in [-0.15, -0.1) is 0 Å². The average molecular weight is 957 g/mol. The van der Waals surface area contributed by atoms with E-state index in [0.29, 0.717) is 19.4 Å². The van der Waals surface area contributed by atoms with Gasteiger partial charge in [-0.2, -0.15) is 0 Å². The third kappa shape index (κ3) is 53.4. The lowest BCUT2D eigenvalue weighted by molar-refractivity contribution is -0.143. The Hall–Kier alpha value is -1.92. The van der Waals surface area contributed by atoms with Crippen LogP contribution in [0.5, 0.6) is 0 Å². The molecule has 0 aliphatic carbocycles. The summed E-state index contributed by atoms with van der Waals surface area (Å²) in [6, 6.07) is -0.639. The van der Waals surface area contributed by atoms with Crippen LogP contribution >= 0.6 is 0 Å². The molecule has 1 amide bonds. The molecule has 0 saturated heterocycles. The normalized spacial score (nSPS) is 12.8. The monoisotopic (exact) mass is 956 g/mol. The summed E-state index contributed by atoms with van der Waals surface area (Å²) in [6.07, 6.45) is 71.7. The second-order valence-electron chi connectivity index (χ2n) is 20.7. The van der Waals surface area contributed by atoms with E-state index in [0.717, 1.165) is 64.2 Å². The van der Waals surface area contributed by atoms with E-state index in [4.69, 9.17) is 4.74 Å². The molecular formula is C62H117NO5. The number of unbranched alkanes of at least 4 members (excludes halogenated alkanes) is 41. The van der Waals surface area contributed by atoms with Gasteiger partial charge in [-0.1, -0.05) is 262 Å². The highest BCUT2D eigenvalue weighted by atomic mass is 16.5. The predicted molar refractivity (Wildman–Crippen MR) is 296 cm³/mol. The number of aliphatic hydroxyl groups is 2. The van der Waals surface area contributed by atoms with Gasteiger partial charge in [0, 0.05) is 12.8 Å². The van der Waals surface area contributed by atoms with Gasteiger partial charge in [-0.3, -0.25) is 9.59 Å². The molecule has 0 aromatic heterocycles. The van der Waals surface area contributed by atoms with Crippen molar-refractivity contribution in [3.05, 3.63) is 36.5 Å². The van der Waals surface area contributed by atoms with Crippen LogP contribution in [0.25, 0.3) is 0 Å². The van der Waals surface area contributed by atoms with Crippen LogP contribution in [-0.2, 0) is 14.3 Å². The minimum atomic E-state index is -0.854. The van der Waals surface area contributed by atoms with E-state index in [1.165, 1.54) is 231 Å². The molecule has 0 aromatic rings. The van der Waals surface area contributed by atoms with E-state index in [-0.39, 0.29) is 18.5 Å².